The van der Waals surface area contributed by atoms with Crippen LogP contribution in [0, 0.1) is 11.3 Å². The molecule has 0 spiro atoms. The van der Waals surface area contributed by atoms with Gasteiger partial charge < -0.3 is 10.5 Å². The molecule has 0 atom stereocenters. The van der Waals surface area contributed by atoms with Crippen LogP contribution in [0.2, 0.25) is 0 Å². The molecule has 0 fully saturated rings. The van der Waals surface area contributed by atoms with Gasteiger partial charge >= 0.3 is 0 Å². The van der Waals surface area contributed by atoms with Gasteiger partial charge in [0, 0.05) is 12.3 Å². The molecule has 0 saturated heterocycles. The minimum absolute atomic E-state index is 0.212. The second-order valence-electron chi connectivity index (χ2n) is 4.21. The average molecular weight is 288 g/mol. The Morgan fingerprint density at radius 2 is 1.80 bits per heavy atom. The largest absolute Gasteiger partial charge is 0.455 e. The Labute approximate surface area is 117 Å². The average Bonchev–Trinajstić information content (AvgIpc) is 2.41. The van der Waals surface area contributed by atoms with Crippen molar-refractivity contribution in [1.29, 1.82) is 5.26 Å². The number of nitriles is 1. The molecule has 0 aliphatic heterocycles. The van der Waals surface area contributed by atoms with Crippen molar-refractivity contribution < 1.29 is 13.2 Å². The number of hydrogen-bond donors (Lipinski definition) is 1. The van der Waals surface area contributed by atoms with E-state index >= 15 is 0 Å². The van der Waals surface area contributed by atoms with E-state index in [1.54, 1.807) is 12.1 Å². The number of nitrogen functional groups attached to an aromatic ring is 1. The lowest BCUT2D eigenvalue weighted by Gasteiger charge is -2.09. The maximum Gasteiger partial charge on any atom is 0.175 e. The van der Waals surface area contributed by atoms with E-state index in [1.807, 2.05) is 6.07 Å². The highest BCUT2D eigenvalue weighted by molar-refractivity contribution is 7.90. The smallest absolute Gasteiger partial charge is 0.175 e. The van der Waals surface area contributed by atoms with Crippen molar-refractivity contribution >= 4 is 15.5 Å². The molecule has 0 aliphatic rings. The van der Waals surface area contributed by atoms with Gasteiger partial charge in [0.15, 0.2) is 15.6 Å². The number of nitrogens with two attached hydrogens (primary N) is 1. The third-order valence-electron chi connectivity index (χ3n) is 2.62. The summed E-state index contributed by atoms with van der Waals surface area (Å²) in [6, 6.07) is 12.7. The minimum Gasteiger partial charge on any atom is -0.455 e. The summed E-state index contributed by atoms with van der Waals surface area (Å²) in [5.41, 5.74) is 6.59. The van der Waals surface area contributed by atoms with Gasteiger partial charge in [0.2, 0.25) is 0 Å². The molecule has 0 saturated carbocycles. The van der Waals surface area contributed by atoms with Crippen LogP contribution in [-0.2, 0) is 9.84 Å². The topological polar surface area (TPSA) is 93.2 Å². The number of sulfone groups is 1. The zero-order valence-electron chi connectivity index (χ0n) is 10.7. The first-order chi connectivity index (χ1) is 9.40. The summed E-state index contributed by atoms with van der Waals surface area (Å²) in [4.78, 5) is 0.212. The van der Waals surface area contributed by atoms with Gasteiger partial charge in [-0.2, -0.15) is 5.26 Å². The maximum absolute atomic E-state index is 11.3. The lowest BCUT2D eigenvalue weighted by atomic mass is 10.2. The minimum atomic E-state index is -3.23. The molecule has 0 bridgehead atoms. The van der Waals surface area contributed by atoms with E-state index in [0.29, 0.717) is 22.7 Å². The molecule has 20 heavy (non-hydrogen) atoms. The number of anilines is 1. The normalized spacial score (nSPS) is 10.8. The summed E-state index contributed by atoms with van der Waals surface area (Å²) in [5.74, 6) is 0.801. The molecular weight excluding hydrogens is 276 g/mol. The summed E-state index contributed by atoms with van der Waals surface area (Å²) < 4.78 is 28.2. The molecule has 2 aromatic rings. The molecule has 0 aliphatic carbocycles. The van der Waals surface area contributed by atoms with E-state index in [-0.39, 0.29) is 4.90 Å². The first-order valence-corrected chi connectivity index (χ1v) is 7.57. The molecule has 0 radical (unpaired) electrons. The SMILES string of the molecule is CS(=O)(=O)c1ccc(Oc2cc(C#N)ccc2N)cc1. The fraction of sp³-hybridized carbons (Fsp3) is 0.0714. The number of benzene rings is 2. The van der Waals surface area contributed by atoms with Crippen LogP contribution in [0.5, 0.6) is 11.5 Å². The van der Waals surface area contributed by atoms with Crippen molar-refractivity contribution in [3.63, 3.8) is 0 Å². The molecule has 102 valence electrons. The van der Waals surface area contributed by atoms with Gasteiger partial charge in [0.05, 0.1) is 22.2 Å². The van der Waals surface area contributed by atoms with Gasteiger partial charge in [-0.05, 0) is 36.4 Å². The van der Waals surface area contributed by atoms with Crippen LogP contribution in [0.25, 0.3) is 0 Å². The van der Waals surface area contributed by atoms with Crippen LogP contribution in [0.15, 0.2) is 47.4 Å². The van der Waals surface area contributed by atoms with Crippen LogP contribution in [0.3, 0.4) is 0 Å². The van der Waals surface area contributed by atoms with Crippen LogP contribution in [0.1, 0.15) is 5.56 Å². The fourth-order valence-corrected chi connectivity index (χ4v) is 2.20. The Morgan fingerprint density at radius 1 is 1.15 bits per heavy atom. The van der Waals surface area contributed by atoms with Crippen molar-refractivity contribution in [2.24, 2.45) is 0 Å². The summed E-state index contributed by atoms with van der Waals surface area (Å²) in [7, 11) is -3.23. The van der Waals surface area contributed by atoms with Gasteiger partial charge in [-0.25, -0.2) is 8.42 Å². The molecule has 0 aromatic heterocycles. The summed E-state index contributed by atoms with van der Waals surface area (Å²) in [6.45, 7) is 0. The summed E-state index contributed by atoms with van der Waals surface area (Å²) in [6.07, 6.45) is 1.14. The van der Waals surface area contributed by atoms with Crippen molar-refractivity contribution in [2.45, 2.75) is 4.90 Å². The van der Waals surface area contributed by atoms with Gasteiger partial charge in [0.1, 0.15) is 5.75 Å². The van der Waals surface area contributed by atoms with Gasteiger partial charge in [-0.3, -0.25) is 0 Å². The Morgan fingerprint density at radius 3 is 2.35 bits per heavy atom. The van der Waals surface area contributed by atoms with Crippen molar-refractivity contribution in [3.05, 3.63) is 48.0 Å². The Kier molecular flexibility index (Phi) is 3.63. The number of hydrogen-bond acceptors (Lipinski definition) is 5. The van der Waals surface area contributed by atoms with E-state index in [4.69, 9.17) is 15.7 Å². The monoisotopic (exact) mass is 288 g/mol. The van der Waals surface area contributed by atoms with E-state index in [1.165, 1.54) is 30.3 Å². The molecule has 0 heterocycles. The van der Waals surface area contributed by atoms with Crippen LogP contribution >= 0.6 is 0 Å². The van der Waals surface area contributed by atoms with E-state index < -0.39 is 9.84 Å². The van der Waals surface area contributed by atoms with E-state index in [0.717, 1.165) is 6.26 Å². The molecular formula is C14H12N2O3S. The number of nitrogens with zero attached hydrogens (tertiary/aromatic N) is 1. The van der Waals surface area contributed by atoms with Gasteiger partial charge in [-0.1, -0.05) is 0 Å². The standard InChI is InChI=1S/C14H12N2O3S/c1-20(17,18)12-5-3-11(4-6-12)19-14-8-10(9-15)2-7-13(14)16/h2-8H,16H2,1H3. The zero-order chi connectivity index (χ0) is 14.8. The van der Waals surface area contributed by atoms with E-state index in [2.05, 4.69) is 0 Å². The van der Waals surface area contributed by atoms with Crippen LogP contribution < -0.4 is 10.5 Å². The molecule has 2 rings (SSSR count). The number of ether oxygens (including phenoxy) is 1. The predicted octanol–water partition coefficient (Wildman–Crippen LogP) is 2.34. The van der Waals surface area contributed by atoms with Crippen molar-refractivity contribution in [2.75, 3.05) is 12.0 Å². The second-order valence-corrected chi connectivity index (χ2v) is 6.23. The van der Waals surface area contributed by atoms with Crippen molar-refractivity contribution in [3.8, 4) is 17.6 Å². The van der Waals surface area contributed by atoms with Crippen molar-refractivity contribution in [1.82, 2.24) is 0 Å². The maximum atomic E-state index is 11.3. The highest BCUT2D eigenvalue weighted by Crippen LogP contribution is 2.28. The summed E-state index contributed by atoms with van der Waals surface area (Å²) in [5, 5.41) is 8.83. The first kappa shape index (κ1) is 13.9. The predicted molar refractivity (Wildman–Crippen MR) is 75.2 cm³/mol. The van der Waals surface area contributed by atoms with Gasteiger partial charge in [-0.15, -0.1) is 0 Å². The van der Waals surface area contributed by atoms with E-state index in [9.17, 15) is 8.42 Å². The zero-order valence-corrected chi connectivity index (χ0v) is 11.5. The molecule has 0 amide bonds. The Balaban J connectivity index is 2.29. The van der Waals surface area contributed by atoms with Crippen LogP contribution in [-0.4, -0.2) is 14.7 Å². The Bertz CT molecular complexity index is 775. The lowest BCUT2D eigenvalue weighted by molar-refractivity contribution is 0.484. The van der Waals surface area contributed by atoms with Gasteiger partial charge in [0.25, 0.3) is 0 Å². The molecule has 2 aromatic carbocycles. The Hall–Kier alpha value is -2.52. The molecule has 6 heteroatoms. The molecule has 0 unspecified atom stereocenters. The summed E-state index contributed by atoms with van der Waals surface area (Å²) >= 11 is 0. The quantitative estimate of drug-likeness (QED) is 0.875. The third kappa shape index (κ3) is 3.08. The molecule has 2 N–H and O–H groups in total. The fourth-order valence-electron chi connectivity index (χ4n) is 1.57. The molecule has 5 nitrogen and oxygen atoms in total. The second kappa shape index (κ2) is 5.23. The highest BCUT2D eigenvalue weighted by atomic mass is 32.2. The third-order valence-corrected chi connectivity index (χ3v) is 3.75. The lowest BCUT2D eigenvalue weighted by Crippen LogP contribution is -1.97. The highest BCUT2D eigenvalue weighted by Gasteiger charge is 2.08. The first-order valence-electron chi connectivity index (χ1n) is 5.68. The van der Waals surface area contributed by atoms with Crippen LogP contribution in [0.4, 0.5) is 5.69 Å². The number of rotatable bonds is 3.